The summed E-state index contributed by atoms with van der Waals surface area (Å²) in [6, 6.07) is 14.5. The van der Waals surface area contributed by atoms with Crippen LogP contribution in [0, 0.1) is 0 Å². The molecule has 1 amide bonds. The lowest BCUT2D eigenvalue weighted by Crippen LogP contribution is -2.30. The summed E-state index contributed by atoms with van der Waals surface area (Å²) in [4.78, 5) is 11.2. The lowest BCUT2D eigenvalue weighted by atomic mass is 10.2. The number of rotatable bonds is 9. The van der Waals surface area contributed by atoms with Crippen molar-refractivity contribution >= 4 is 15.9 Å². The Labute approximate surface area is 181 Å². The summed E-state index contributed by atoms with van der Waals surface area (Å²) in [5, 5.41) is 12.2. The minimum Gasteiger partial charge on any atom is -0.508 e. The quantitative estimate of drug-likeness (QED) is 0.525. The van der Waals surface area contributed by atoms with E-state index in [1.54, 1.807) is 36.4 Å². The van der Waals surface area contributed by atoms with E-state index >= 15 is 0 Å². The van der Waals surface area contributed by atoms with Gasteiger partial charge in [-0.05, 0) is 47.5 Å². The van der Waals surface area contributed by atoms with Gasteiger partial charge in [-0.25, -0.2) is 8.42 Å². The molecule has 2 N–H and O–H groups in total. The van der Waals surface area contributed by atoms with Gasteiger partial charge in [0.25, 0.3) is 0 Å². The maximum absolute atomic E-state index is 13.7. The fourth-order valence-corrected chi connectivity index (χ4v) is 4.61. The molecule has 0 aliphatic heterocycles. The van der Waals surface area contributed by atoms with Gasteiger partial charge in [0.2, 0.25) is 15.9 Å². The number of phenolic OH excluding ortho intramolecular Hbond substituents is 1. The lowest BCUT2D eigenvalue weighted by molar-refractivity contribution is -0.119. The number of nitrogens with zero attached hydrogens (tertiary/aromatic N) is 1. The van der Waals surface area contributed by atoms with E-state index in [9.17, 15) is 18.3 Å². The molecule has 3 aromatic rings. The molecule has 2 aromatic carbocycles. The monoisotopic (exact) mass is 444 g/mol. The topological polar surface area (TPSA) is 109 Å². The summed E-state index contributed by atoms with van der Waals surface area (Å²) in [5.41, 5.74) is 1.32. The van der Waals surface area contributed by atoms with Crippen LogP contribution in [0.3, 0.4) is 0 Å². The Morgan fingerprint density at radius 2 is 1.81 bits per heavy atom. The van der Waals surface area contributed by atoms with Gasteiger partial charge in [0.1, 0.15) is 22.2 Å². The Hall–Kier alpha value is -3.30. The van der Waals surface area contributed by atoms with Gasteiger partial charge in [0.05, 0.1) is 19.9 Å². The van der Waals surface area contributed by atoms with Crippen molar-refractivity contribution in [1.29, 1.82) is 0 Å². The second-order valence-corrected chi connectivity index (χ2v) is 8.82. The molecule has 1 heterocycles. The van der Waals surface area contributed by atoms with Crippen LogP contribution >= 0.6 is 0 Å². The zero-order valence-corrected chi connectivity index (χ0v) is 18.1. The van der Waals surface area contributed by atoms with Crippen molar-refractivity contribution in [2.45, 2.75) is 31.5 Å². The third-order valence-electron chi connectivity index (χ3n) is 4.59. The minimum atomic E-state index is -4.02. The van der Waals surface area contributed by atoms with Gasteiger partial charge < -0.3 is 19.6 Å². The maximum atomic E-state index is 13.7. The number of ether oxygens (including phenoxy) is 1. The van der Waals surface area contributed by atoms with Crippen molar-refractivity contribution in [1.82, 2.24) is 9.62 Å². The average Bonchev–Trinajstić information content (AvgIpc) is 3.26. The number of furan rings is 1. The van der Waals surface area contributed by atoms with Crippen molar-refractivity contribution < 1.29 is 27.5 Å². The average molecular weight is 445 g/mol. The van der Waals surface area contributed by atoms with Crippen molar-refractivity contribution in [2.75, 3.05) is 7.11 Å². The standard InChI is InChI=1S/C22H24N2O6S/c1-16(25)23-13-18-7-10-21(29-2)22(12-18)31(27,28)24(15-20-4-3-11-30-20)14-17-5-8-19(26)9-6-17/h3-12,26H,13-15H2,1-2H3,(H,23,25). The molecule has 8 nitrogen and oxygen atoms in total. The summed E-state index contributed by atoms with van der Waals surface area (Å²) in [7, 11) is -2.61. The van der Waals surface area contributed by atoms with Crippen LogP contribution in [0.4, 0.5) is 0 Å². The van der Waals surface area contributed by atoms with Gasteiger partial charge in [0.15, 0.2) is 0 Å². The molecular formula is C22H24N2O6S. The van der Waals surface area contributed by atoms with Gasteiger partial charge >= 0.3 is 0 Å². The zero-order chi connectivity index (χ0) is 22.4. The smallest absolute Gasteiger partial charge is 0.247 e. The molecule has 0 spiro atoms. The van der Waals surface area contributed by atoms with E-state index in [2.05, 4.69) is 5.32 Å². The van der Waals surface area contributed by atoms with E-state index in [1.807, 2.05) is 0 Å². The van der Waals surface area contributed by atoms with E-state index in [0.29, 0.717) is 16.9 Å². The molecule has 0 atom stereocenters. The van der Waals surface area contributed by atoms with Gasteiger partial charge in [-0.15, -0.1) is 0 Å². The van der Waals surface area contributed by atoms with Crippen LogP contribution in [0.25, 0.3) is 0 Å². The molecule has 0 aliphatic carbocycles. The summed E-state index contributed by atoms with van der Waals surface area (Å²) in [6.45, 7) is 1.65. The first-order chi connectivity index (χ1) is 14.8. The van der Waals surface area contributed by atoms with Gasteiger partial charge in [-0.3, -0.25) is 4.79 Å². The normalized spacial score (nSPS) is 11.5. The fourth-order valence-electron chi connectivity index (χ4n) is 3.01. The molecule has 0 fully saturated rings. The third kappa shape index (κ3) is 5.65. The summed E-state index contributed by atoms with van der Waals surface area (Å²) in [5.74, 6) is 0.556. The maximum Gasteiger partial charge on any atom is 0.247 e. The lowest BCUT2D eigenvalue weighted by Gasteiger charge is -2.23. The number of carbonyl (C=O) groups is 1. The molecule has 0 unspecified atom stereocenters. The van der Waals surface area contributed by atoms with E-state index in [0.717, 1.165) is 0 Å². The van der Waals surface area contributed by atoms with Crippen LogP contribution < -0.4 is 10.1 Å². The molecule has 0 saturated heterocycles. The highest BCUT2D eigenvalue weighted by atomic mass is 32.2. The molecule has 3 rings (SSSR count). The largest absolute Gasteiger partial charge is 0.508 e. The molecule has 9 heteroatoms. The number of hydrogen-bond donors (Lipinski definition) is 2. The Morgan fingerprint density at radius 1 is 1.10 bits per heavy atom. The number of phenols is 1. The van der Waals surface area contributed by atoms with Crippen molar-refractivity contribution in [3.8, 4) is 11.5 Å². The number of sulfonamides is 1. The molecule has 164 valence electrons. The van der Waals surface area contributed by atoms with Crippen LogP contribution in [0.15, 0.2) is 70.2 Å². The van der Waals surface area contributed by atoms with Crippen LogP contribution in [0.1, 0.15) is 23.8 Å². The zero-order valence-electron chi connectivity index (χ0n) is 17.2. The molecule has 0 bridgehead atoms. The number of benzene rings is 2. The van der Waals surface area contributed by atoms with Crippen molar-refractivity contribution in [3.63, 3.8) is 0 Å². The van der Waals surface area contributed by atoms with E-state index < -0.39 is 10.0 Å². The molecule has 0 radical (unpaired) electrons. The second-order valence-electron chi connectivity index (χ2n) is 6.91. The summed E-state index contributed by atoms with van der Waals surface area (Å²) >= 11 is 0. The van der Waals surface area contributed by atoms with E-state index in [4.69, 9.17) is 9.15 Å². The Morgan fingerprint density at radius 3 is 2.42 bits per heavy atom. The molecular weight excluding hydrogens is 420 g/mol. The van der Waals surface area contributed by atoms with Gasteiger partial charge in [0, 0.05) is 20.0 Å². The highest BCUT2D eigenvalue weighted by Gasteiger charge is 2.29. The molecule has 0 saturated carbocycles. The number of methoxy groups -OCH3 is 1. The Bertz CT molecular complexity index is 1130. The van der Waals surface area contributed by atoms with E-state index in [1.165, 1.54) is 42.8 Å². The van der Waals surface area contributed by atoms with Crippen LogP contribution in [0.2, 0.25) is 0 Å². The first kappa shape index (κ1) is 22.4. The molecule has 31 heavy (non-hydrogen) atoms. The highest BCUT2D eigenvalue weighted by molar-refractivity contribution is 7.89. The predicted molar refractivity (Wildman–Crippen MR) is 114 cm³/mol. The predicted octanol–water partition coefficient (Wildman–Crippen LogP) is 3.02. The Kier molecular flexibility index (Phi) is 6.98. The SMILES string of the molecule is COc1ccc(CNC(C)=O)cc1S(=O)(=O)N(Cc1ccc(O)cc1)Cc1ccco1. The number of carbonyl (C=O) groups excluding carboxylic acids is 1. The molecule has 1 aromatic heterocycles. The van der Waals surface area contributed by atoms with Crippen LogP contribution in [-0.4, -0.2) is 30.8 Å². The Balaban J connectivity index is 2.00. The summed E-state index contributed by atoms with van der Waals surface area (Å²) in [6.07, 6.45) is 1.48. The molecule has 0 aliphatic rings. The van der Waals surface area contributed by atoms with Gasteiger partial charge in [-0.1, -0.05) is 18.2 Å². The number of nitrogens with one attached hydrogen (secondary N) is 1. The van der Waals surface area contributed by atoms with Crippen LogP contribution in [-0.2, 0) is 34.5 Å². The minimum absolute atomic E-state index is 0.00921. The first-order valence-electron chi connectivity index (χ1n) is 9.51. The second kappa shape index (κ2) is 9.67. The fraction of sp³-hybridized carbons (Fsp3) is 0.227. The summed E-state index contributed by atoms with van der Waals surface area (Å²) < 4.78 is 39.3. The number of amides is 1. The van der Waals surface area contributed by atoms with Crippen molar-refractivity contribution in [2.24, 2.45) is 0 Å². The first-order valence-corrected chi connectivity index (χ1v) is 11.0. The van der Waals surface area contributed by atoms with E-state index in [-0.39, 0.29) is 41.9 Å². The van der Waals surface area contributed by atoms with Crippen molar-refractivity contribution in [3.05, 3.63) is 77.7 Å². The third-order valence-corrected chi connectivity index (χ3v) is 6.41. The highest BCUT2D eigenvalue weighted by Crippen LogP contribution is 2.30. The van der Waals surface area contributed by atoms with Crippen LogP contribution in [0.5, 0.6) is 11.5 Å². The number of aromatic hydroxyl groups is 1. The van der Waals surface area contributed by atoms with Gasteiger partial charge in [-0.2, -0.15) is 4.31 Å². The number of hydrogen-bond acceptors (Lipinski definition) is 6.